The van der Waals surface area contributed by atoms with Gasteiger partial charge in [0.1, 0.15) is 5.75 Å². The van der Waals surface area contributed by atoms with Crippen LogP contribution in [0, 0.1) is 3.57 Å². The summed E-state index contributed by atoms with van der Waals surface area (Å²) in [5, 5.41) is 3.49. The Morgan fingerprint density at radius 2 is 2.21 bits per heavy atom. The van der Waals surface area contributed by atoms with Crippen molar-refractivity contribution in [2.24, 2.45) is 0 Å². The molecule has 4 heteroatoms. The Labute approximate surface area is 105 Å². The molecule has 14 heavy (non-hydrogen) atoms. The monoisotopic (exact) mass is 336 g/mol. The lowest BCUT2D eigenvalue weighted by molar-refractivity contribution is 0.414. The largest absolute Gasteiger partial charge is 0.497 e. The highest BCUT2D eigenvalue weighted by Crippen LogP contribution is 2.37. The molecule has 0 N–H and O–H groups in total. The van der Waals surface area contributed by atoms with Crippen molar-refractivity contribution in [2.75, 3.05) is 13.4 Å². The molecule has 0 atom stereocenters. The molecule has 0 saturated heterocycles. The topological polar surface area (TPSA) is 9.23 Å². The minimum absolute atomic E-state index is 0.943. The maximum atomic E-state index is 5.28. The van der Waals surface area contributed by atoms with E-state index in [0.29, 0.717) is 0 Å². The Morgan fingerprint density at radius 1 is 1.43 bits per heavy atom. The molecule has 2 rings (SSSR count). The Hall–Kier alpha value is 0.0600. The number of hydrogen-bond acceptors (Lipinski definition) is 3. The Balaban J connectivity index is 2.76. The average Bonchev–Trinajstić information content (AvgIpc) is 2.59. The minimum Gasteiger partial charge on any atom is -0.497 e. The highest BCUT2D eigenvalue weighted by Gasteiger charge is 2.08. The Bertz CT molecular complexity index is 464. The number of thioether (sulfide) groups is 1. The van der Waals surface area contributed by atoms with Crippen LogP contribution in [0.1, 0.15) is 0 Å². The van der Waals surface area contributed by atoms with Crippen LogP contribution in [0.5, 0.6) is 5.75 Å². The van der Waals surface area contributed by atoms with Crippen molar-refractivity contribution < 1.29 is 4.74 Å². The van der Waals surface area contributed by atoms with E-state index in [1.54, 1.807) is 30.2 Å². The first kappa shape index (κ1) is 10.6. The van der Waals surface area contributed by atoms with E-state index < -0.39 is 0 Å². The summed E-state index contributed by atoms with van der Waals surface area (Å²) in [4.78, 5) is 1.30. The highest BCUT2D eigenvalue weighted by molar-refractivity contribution is 14.1. The molecule has 0 fully saturated rings. The molecule has 2 aromatic rings. The Morgan fingerprint density at radius 3 is 2.86 bits per heavy atom. The fourth-order valence-electron chi connectivity index (χ4n) is 1.32. The third kappa shape index (κ3) is 1.75. The summed E-state index contributed by atoms with van der Waals surface area (Å²) >= 11 is 5.93. The summed E-state index contributed by atoms with van der Waals surface area (Å²) in [7, 11) is 1.71. The fraction of sp³-hybridized carbons (Fsp3) is 0.200. The number of hydrogen-bond donors (Lipinski definition) is 0. The minimum atomic E-state index is 0.943. The van der Waals surface area contributed by atoms with Crippen molar-refractivity contribution >= 4 is 55.8 Å². The molecule has 0 aliphatic heterocycles. The maximum absolute atomic E-state index is 5.28. The lowest BCUT2D eigenvalue weighted by Gasteiger charge is -2.04. The predicted octanol–water partition coefficient (Wildman–Crippen LogP) is 4.24. The molecule has 0 aliphatic rings. The SMILES string of the molecule is COc1cc(SC)c2scc(I)c2c1. The zero-order valence-electron chi connectivity index (χ0n) is 7.83. The second kappa shape index (κ2) is 4.28. The summed E-state index contributed by atoms with van der Waals surface area (Å²) in [5.41, 5.74) is 0. The van der Waals surface area contributed by atoms with Crippen LogP contribution in [-0.4, -0.2) is 13.4 Å². The smallest absolute Gasteiger partial charge is 0.120 e. The van der Waals surface area contributed by atoms with E-state index in [2.05, 4.69) is 46.4 Å². The first-order valence-corrected chi connectivity index (χ1v) is 7.23. The van der Waals surface area contributed by atoms with Gasteiger partial charge >= 0.3 is 0 Å². The second-order valence-electron chi connectivity index (χ2n) is 2.79. The number of methoxy groups -OCH3 is 1. The van der Waals surface area contributed by atoms with Crippen LogP contribution in [0.25, 0.3) is 10.1 Å². The summed E-state index contributed by atoms with van der Waals surface area (Å²) in [5.74, 6) is 0.943. The molecule has 1 aromatic carbocycles. The Kier molecular flexibility index (Phi) is 3.23. The van der Waals surface area contributed by atoms with Crippen molar-refractivity contribution in [3.8, 4) is 5.75 Å². The van der Waals surface area contributed by atoms with Crippen LogP contribution < -0.4 is 4.74 Å². The standard InChI is InChI=1S/C10H9IOS2/c1-12-6-3-7-8(11)5-14-10(7)9(4-6)13-2/h3-5H,1-2H3. The highest BCUT2D eigenvalue weighted by atomic mass is 127. The number of benzene rings is 1. The summed E-state index contributed by atoms with van der Waals surface area (Å²) in [6.45, 7) is 0. The molecule has 74 valence electrons. The van der Waals surface area contributed by atoms with Gasteiger partial charge in [-0.1, -0.05) is 0 Å². The van der Waals surface area contributed by atoms with E-state index in [4.69, 9.17) is 4.74 Å². The molecule has 0 saturated carbocycles. The van der Waals surface area contributed by atoms with Gasteiger partial charge in [0.25, 0.3) is 0 Å². The van der Waals surface area contributed by atoms with E-state index in [-0.39, 0.29) is 0 Å². The van der Waals surface area contributed by atoms with Crippen LogP contribution in [0.15, 0.2) is 22.4 Å². The van der Waals surface area contributed by atoms with Gasteiger partial charge in [-0.25, -0.2) is 0 Å². The molecule has 0 amide bonds. The molecule has 1 nitrogen and oxygen atoms in total. The third-order valence-electron chi connectivity index (χ3n) is 2.02. The zero-order chi connectivity index (χ0) is 10.1. The summed E-state index contributed by atoms with van der Waals surface area (Å²) in [6.07, 6.45) is 2.10. The molecule has 0 unspecified atom stereocenters. The van der Waals surface area contributed by atoms with E-state index in [1.165, 1.54) is 18.6 Å². The number of fused-ring (bicyclic) bond motifs is 1. The van der Waals surface area contributed by atoms with Crippen molar-refractivity contribution in [1.29, 1.82) is 0 Å². The number of thiophene rings is 1. The van der Waals surface area contributed by atoms with Gasteiger partial charge in [-0.15, -0.1) is 23.1 Å². The number of ether oxygens (including phenoxy) is 1. The van der Waals surface area contributed by atoms with Gasteiger partial charge in [-0.2, -0.15) is 0 Å². The quantitative estimate of drug-likeness (QED) is 0.599. The molecule has 0 radical (unpaired) electrons. The van der Waals surface area contributed by atoms with Gasteiger partial charge in [-0.05, 0) is 41.0 Å². The van der Waals surface area contributed by atoms with E-state index >= 15 is 0 Å². The van der Waals surface area contributed by atoms with E-state index in [1.807, 2.05) is 0 Å². The number of rotatable bonds is 2. The molecule has 1 heterocycles. The lowest BCUT2D eigenvalue weighted by atomic mass is 10.2. The molecule has 0 aliphatic carbocycles. The van der Waals surface area contributed by atoms with Gasteiger partial charge < -0.3 is 4.74 Å². The van der Waals surface area contributed by atoms with Crippen LogP contribution in [-0.2, 0) is 0 Å². The molecule has 1 aromatic heterocycles. The predicted molar refractivity (Wildman–Crippen MR) is 72.9 cm³/mol. The van der Waals surface area contributed by atoms with Crippen molar-refractivity contribution in [3.05, 3.63) is 21.1 Å². The van der Waals surface area contributed by atoms with Crippen LogP contribution in [0.3, 0.4) is 0 Å². The molecule has 0 bridgehead atoms. The van der Waals surface area contributed by atoms with Gasteiger partial charge in [0.05, 0.1) is 7.11 Å². The fourth-order valence-corrected chi connectivity index (χ4v) is 4.05. The lowest BCUT2D eigenvalue weighted by Crippen LogP contribution is -1.83. The first-order chi connectivity index (χ1) is 6.76. The normalized spacial score (nSPS) is 10.8. The van der Waals surface area contributed by atoms with E-state index in [9.17, 15) is 0 Å². The molecular formula is C10H9IOS2. The number of halogens is 1. The molecular weight excluding hydrogens is 327 g/mol. The van der Waals surface area contributed by atoms with E-state index in [0.717, 1.165) is 5.75 Å². The zero-order valence-corrected chi connectivity index (χ0v) is 11.6. The van der Waals surface area contributed by atoms with Crippen LogP contribution in [0.2, 0.25) is 0 Å². The second-order valence-corrected chi connectivity index (χ2v) is 5.68. The first-order valence-electron chi connectivity index (χ1n) is 4.05. The van der Waals surface area contributed by atoms with Crippen molar-refractivity contribution in [1.82, 2.24) is 0 Å². The van der Waals surface area contributed by atoms with Gasteiger partial charge in [0.15, 0.2) is 0 Å². The molecule has 0 spiro atoms. The summed E-state index contributed by atoms with van der Waals surface area (Å²) < 4.78 is 7.94. The summed E-state index contributed by atoms with van der Waals surface area (Å²) in [6, 6.07) is 4.20. The van der Waals surface area contributed by atoms with Gasteiger partial charge in [0.2, 0.25) is 0 Å². The average molecular weight is 336 g/mol. The third-order valence-corrected chi connectivity index (χ3v) is 5.26. The van der Waals surface area contributed by atoms with Gasteiger partial charge in [-0.3, -0.25) is 0 Å². The van der Waals surface area contributed by atoms with Crippen LogP contribution in [0.4, 0.5) is 0 Å². The maximum Gasteiger partial charge on any atom is 0.120 e. The van der Waals surface area contributed by atoms with Gasteiger partial charge in [0, 0.05) is 23.9 Å². The van der Waals surface area contributed by atoms with Crippen molar-refractivity contribution in [3.63, 3.8) is 0 Å². The van der Waals surface area contributed by atoms with Crippen LogP contribution >= 0.6 is 45.7 Å². The van der Waals surface area contributed by atoms with Crippen molar-refractivity contribution in [2.45, 2.75) is 4.90 Å².